The highest BCUT2D eigenvalue weighted by molar-refractivity contribution is 7.48. The van der Waals surface area contributed by atoms with Gasteiger partial charge in [0, 0.05) is 11.8 Å². The van der Waals surface area contributed by atoms with Crippen LogP contribution in [-0.4, -0.2) is 73.2 Å². The van der Waals surface area contributed by atoms with E-state index in [2.05, 4.69) is 34.4 Å². The average Bonchev–Trinajstić information content (AvgIpc) is 3.79. The summed E-state index contributed by atoms with van der Waals surface area (Å²) in [5.74, 6) is 0.0608. The lowest BCUT2D eigenvalue weighted by atomic mass is 10.1. The minimum absolute atomic E-state index is 0.0135. The summed E-state index contributed by atoms with van der Waals surface area (Å²) in [7, 11) is -8.21. The molecule has 4 atom stereocenters. The van der Waals surface area contributed by atoms with Gasteiger partial charge in [0.25, 0.3) is 0 Å². The molecule has 0 bridgehead atoms. The van der Waals surface area contributed by atoms with Gasteiger partial charge in [-0.3, -0.25) is 18.1 Å². The van der Waals surface area contributed by atoms with E-state index in [1.54, 1.807) is 17.2 Å². The molecule has 52 heavy (non-hydrogen) atoms. The van der Waals surface area contributed by atoms with E-state index >= 15 is 0 Å². The van der Waals surface area contributed by atoms with Crippen molar-refractivity contribution >= 4 is 73.1 Å². The first-order valence-electron chi connectivity index (χ1n) is 16.1. The molecule has 0 saturated carbocycles. The summed E-state index contributed by atoms with van der Waals surface area (Å²) in [6.45, 7) is 11.0. The maximum atomic E-state index is 13.2. The van der Waals surface area contributed by atoms with Crippen molar-refractivity contribution in [3.05, 3.63) is 47.3 Å². The molecule has 0 saturated heterocycles. The summed E-state index contributed by atoms with van der Waals surface area (Å²) in [5.41, 5.74) is 12.0. The molecule has 22 heteroatoms. The number of halogens is 2. The molecule has 6 rings (SSSR count). The van der Waals surface area contributed by atoms with Crippen molar-refractivity contribution in [2.45, 2.75) is 77.7 Å². The second kappa shape index (κ2) is 15.4. The third kappa shape index (κ3) is 10.6. The maximum Gasteiger partial charge on any atom is 0.475 e. The smallest absolute Gasteiger partial charge is 0.368 e. The maximum absolute atomic E-state index is 13.2. The number of hydrogen-bond acceptors (Lipinski definition) is 14. The number of hydrogen-bond donors (Lipinski definition) is 4. The van der Waals surface area contributed by atoms with Gasteiger partial charge in [-0.2, -0.15) is 19.9 Å². The number of nitrogens with zero attached hydrogens (tertiary/aromatic N) is 8. The van der Waals surface area contributed by atoms with Crippen LogP contribution in [-0.2, 0) is 27.2 Å². The topological polar surface area (TPSA) is 251 Å². The molecule has 0 spiro atoms. The molecular formula is C30H42Cl2N10O8P2. The van der Waals surface area contributed by atoms with Crippen LogP contribution in [0.25, 0.3) is 22.3 Å². The Morgan fingerprint density at radius 1 is 0.731 bits per heavy atom. The molecule has 0 aromatic carbocycles. The first kappa shape index (κ1) is 40.2. The van der Waals surface area contributed by atoms with E-state index in [0.29, 0.717) is 35.2 Å². The highest BCUT2D eigenvalue weighted by atomic mass is 35.5. The largest absolute Gasteiger partial charge is 0.475 e. The Morgan fingerprint density at radius 2 is 1.13 bits per heavy atom. The van der Waals surface area contributed by atoms with Gasteiger partial charge in [-0.15, -0.1) is 0 Å². The van der Waals surface area contributed by atoms with Crippen molar-refractivity contribution in [3.8, 4) is 0 Å². The summed E-state index contributed by atoms with van der Waals surface area (Å²) in [5, 5.41) is 0.405. The number of fused-ring (bicyclic) bond motifs is 2. The Balaban J connectivity index is 0.000000210. The number of aromatic nitrogens is 8. The summed E-state index contributed by atoms with van der Waals surface area (Å²) in [4.78, 5) is 42.1. The van der Waals surface area contributed by atoms with Crippen molar-refractivity contribution in [1.29, 1.82) is 0 Å². The highest BCUT2D eigenvalue weighted by Gasteiger charge is 2.38. The van der Waals surface area contributed by atoms with Gasteiger partial charge in [-0.05, 0) is 54.4 Å². The number of allylic oxidation sites excluding steroid dienone is 2. The van der Waals surface area contributed by atoms with Crippen LogP contribution in [0.1, 0.15) is 66.5 Å². The van der Waals surface area contributed by atoms with Gasteiger partial charge >= 0.3 is 15.6 Å². The number of phosphoric acid groups is 2. The Morgan fingerprint density at radius 3 is 1.52 bits per heavy atom. The van der Waals surface area contributed by atoms with Crippen LogP contribution in [0.4, 0.5) is 11.9 Å². The molecule has 2 aliphatic rings. The zero-order valence-electron chi connectivity index (χ0n) is 29.3. The van der Waals surface area contributed by atoms with Gasteiger partial charge in [-0.1, -0.05) is 47.5 Å². The Labute approximate surface area is 309 Å². The molecule has 0 radical (unpaired) electrons. The Hall–Kier alpha value is -3.02. The molecule has 18 nitrogen and oxygen atoms in total. The normalized spacial score (nSPS) is 21.0. The number of phosphoric ester groups is 2. The molecule has 0 aliphatic heterocycles. The lowest BCUT2D eigenvalue weighted by Crippen LogP contribution is -2.25. The molecule has 4 aromatic heterocycles. The molecule has 0 fully saturated rings. The first-order chi connectivity index (χ1) is 24.1. The predicted molar refractivity (Wildman–Crippen MR) is 195 cm³/mol. The fraction of sp³-hybridized carbons (Fsp3) is 0.533. The van der Waals surface area contributed by atoms with E-state index in [0.717, 1.165) is 0 Å². The minimum atomic E-state index is -4.46. The fourth-order valence-corrected chi connectivity index (χ4v) is 8.25. The zero-order chi connectivity index (χ0) is 38.2. The van der Waals surface area contributed by atoms with Gasteiger partial charge in [-0.25, -0.2) is 19.1 Å². The van der Waals surface area contributed by atoms with Crippen molar-refractivity contribution in [2.24, 2.45) is 11.8 Å². The third-order valence-corrected chi connectivity index (χ3v) is 10.5. The van der Waals surface area contributed by atoms with Crippen molar-refractivity contribution < 1.29 is 37.0 Å². The Bertz CT molecular complexity index is 2050. The van der Waals surface area contributed by atoms with Crippen molar-refractivity contribution in [2.75, 3.05) is 24.7 Å². The second-order valence-corrected chi connectivity index (χ2v) is 17.7. The van der Waals surface area contributed by atoms with Gasteiger partial charge < -0.3 is 30.4 Å². The summed E-state index contributed by atoms with van der Waals surface area (Å²) in [6.07, 6.45) is 12.4. The van der Waals surface area contributed by atoms with Crippen molar-refractivity contribution in [3.63, 3.8) is 0 Å². The van der Waals surface area contributed by atoms with E-state index in [1.807, 2.05) is 70.4 Å². The van der Waals surface area contributed by atoms with Crippen LogP contribution < -0.4 is 11.5 Å². The summed E-state index contributed by atoms with van der Waals surface area (Å²) in [6, 6.07) is -0.0823. The molecule has 0 unspecified atom stereocenters. The second-order valence-electron chi connectivity index (χ2n) is 14.2. The van der Waals surface area contributed by atoms with Crippen molar-refractivity contribution in [1.82, 2.24) is 39.0 Å². The van der Waals surface area contributed by atoms with E-state index in [1.165, 1.54) is 0 Å². The minimum Gasteiger partial charge on any atom is -0.368 e. The van der Waals surface area contributed by atoms with E-state index in [-0.39, 0.29) is 59.3 Å². The molecular weight excluding hydrogens is 761 g/mol. The van der Waals surface area contributed by atoms with Gasteiger partial charge in [0.1, 0.15) is 11.0 Å². The average molecular weight is 804 g/mol. The molecule has 284 valence electrons. The molecule has 0 amide bonds. The SMILES string of the molecule is CC(C)(C)OP(=O)(OC[C@@H]1C=C[C@H](n2cnc3c(Cl)nc(N)nc32)C1)OC(C)(C)C.Nc1nc(Cl)c2ncn([C@H]3C=C[C@@H](COP(=O)(O)O)C3)c2n1. The molecule has 4 aromatic rings. The zero-order valence-corrected chi connectivity index (χ0v) is 32.6. The van der Waals surface area contributed by atoms with Crippen LogP contribution >= 0.6 is 38.8 Å². The molecule has 4 heterocycles. The van der Waals surface area contributed by atoms with Crippen LogP contribution in [0.5, 0.6) is 0 Å². The van der Waals surface area contributed by atoms with E-state index < -0.39 is 26.8 Å². The Kier molecular flexibility index (Phi) is 11.9. The lowest BCUT2D eigenvalue weighted by Gasteiger charge is -2.31. The van der Waals surface area contributed by atoms with Gasteiger partial charge in [0.2, 0.25) is 11.9 Å². The number of nitrogen functional groups attached to an aromatic ring is 2. The van der Waals surface area contributed by atoms with E-state index in [9.17, 15) is 9.13 Å². The first-order valence-corrected chi connectivity index (χ1v) is 19.9. The fourth-order valence-electron chi connectivity index (χ4n) is 5.57. The van der Waals surface area contributed by atoms with Gasteiger partial charge in [0.05, 0.1) is 49.2 Å². The van der Waals surface area contributed by atoms with Crippen LogP contribution in [0.3, 0.4) is 0 Å². The molecule has 6 N–H and O–H groups in total. The van der Waals surface area contributed by atoms with Crippen LogP contribution in [0.15, 0.2) is 37.0 Å². The standard InChI is InChI=1S/C19H29ClN5O4P.C11H13ClN5O4P/c1-18(2,3)28-30(26,29-19(4,5)6)27-10-12-7-8-13(9-12)25-11-22-14-15(20)23-17(21)24-16(14)25;12-9-8-10(16-11(13)15-9)17(5-14-8)7-2-1-6(3-7)4-21-22(18,19)20/h7-8,11-13H,9-10H2,1-6H3,(H2,21,23,24);1-2,5-7H,3-4H2,(H2,13,15,16)(H2,18,19,20)/t12-,13+;6-,7+/m11/s1. The molecule has 2 aliphatic carbocycles. The monoisotopic (exact) mass is 802 g/mol. The number of rotatable bonds is 10. The predicted octanol–water partition coefficient (Wildman–Crippen LogP) is 6.22. The van der Waals surface area contributed by atoms with E-state index in [4.69, 9.17) is 58.0 Å². The number of nitrogens with two attached hydrogens (primary N) is 2. The third-order valence-electron chi connectivity index (χ3n) is 7.48. The van der Waals surface area contributed by atoms with Crippen LogP contribution in [0, 0.1) is 11.8 Å². The number of anilines is 2. The van der Waals surface area contributed by atoms with Gasteiger partial charge in [0.15, 0.2) is 21.6 Å². The highest BCUT2D eigenvalue weighted by Crippen LogP contribution is 2.56. The summed E-state index contributed by atoms with van der Waals surface area (Å²) < 4.78 is 49.2. The summed E-state index contributed by atoms with van der Waals surface area (Å²) >= 11 is 12.1. The lowest BCUT2D eigenvalue weighted by molar-refractivity contribution is 0.000442. The quantitative estimate of drug-likeness (QED) is 0.0788. The number of imidazole rings is 2. The van der Waals surface area contributed by atoms with Crippen LogP contribution in [0.2, 0.25) is 10.3 Å².